The predicted octanol–water partition coefficient (Wildman–Crippen LogP) is 3.42. The molecule has 0 aliphatic heterocycles. The monoisotopic (exact) mass is 378 g/mol. The highest BCUT2D eigenvalue weighted by Gasteiger charge is 2.08. The highest BCUT2D eigenvalue weighted by Crippen LogP contribution is 2.25. The number of carbonyl (C=O) groups excluding carboxylic acids is 1. The van der Waals surface area contributed by atoms with Crippen molar-refractivity contribution in [3.63, 3.8) is 0 Å². The minimum atomic E-state index is -0.333. The fourth-order valence-corrected chi connectivity index (χ4v) is 2.55. The molecule has 0 fully saturated rings. The van der Waals surface area contributed by atoms with Crippen molar-refractivity contribution in [3.8, 4) is 11.5 Å². The second-order valence-electron chi connectivity index (χ2n) is 6.07. The largest absolute Gasteiger partial charge is 0.493 e. The van der Waals surface area contributed by atoms with Crippen molar-refractivity contribution in [3.05, 3.63) is 71.8 Å². The molecule has 2 N–H and O–H groups in total. The van der Waals surface area contributed by atoms with Crippen molar-refractivity contribution in [1.82, 2.24) is 10.2 Å². The van der Waals surface area contributed by atoms with Gasteiger partial charge in [-0.1, -0.05) is 36.4 Å². The number of aryl methyl sites for hydroxylation is 1. The number of benzene rings is 2. The topological polar surface area (TPSA) is 85.4 Å². The van der Waals surface area contributed by atoms with Gasteiger partial charge in [0.05, 0.1) is 7.11 Å². The summed E-state index contributed by atoms with van der Waals surface area (Å²) in [5, 5.41) is 14.0. The summed E-state index contributed by atoms with van der Waals surface area (Å²) in [4.78, 5) is 12.1. The number of methoxy groups -OCH3 is 1. The van der Waals surface area contributed by atoms with Crippen molar-refractivity contribution in [2.24, 2.45) is 0 Å². The molecule has 0 aliphatic carbocycles. The molecule has 3 aromatic rings. The summed E-state index contributed by atoms with van der Waals surface area (Å²) in [5.74, 6) is 1.73. The molecular weight excluding hydrogens is 356 g/mol. The molecule has 0 saturated heterocycles. The number of aromatic nitrogens is 2. The minimum Gasteiger partial charge on any atom is -0.493 e. The summed E-state index contributed by atoms with van der Waals surface area (Å²) in [7, 11) is 1.55. The second kappa shape index (κ2) is 9.36. The molecule has 1 aromatic heterocycles. The molecule has 7 nitrogen and oxygen atoms in total. The quantitative estimate of drug-likeness (QED) is 0.625. The number of hydrogen-bond donors (Lipinski definition) is 2. The van der Waals surface area contributed by atoms with Crippen LogP contribution in [-0.4, -0.2) is 29.8 Å². The maximum Gasteiger partial charge on any atom is 0.263 e. The van der Waals surface area contributed by atoms with Gasteiger partial charge in [0.1, 0.15) is 5.82 Å². The number of hydrogen-bond acceptors (Lipinski definition) is 6. The van der Waals surface area contributed by atoms with Gasteiger partial charge in [0.15, 0.2) is 23.9 Å². The Morgan fingerprint density at radius 2 is 1.61 bits per heavy atom. The van der Waals surface area contributed by atoms with Gasteiger partial charge in [0.25, 0.3) is 5.91 Å². The number of carbonyl (C=O) groups is 1. The van der Waals surface area contributed by atoms with Gasteiger partial charge < -0.3 is 20.1 Å². The van der Waals surface area contributed by atoms with Crippen LogP contribution in [0.25, 0.3) is 0 Å². The standard InChI is InChI=1S/C21H22N4O3/c1-15-7-3-4-8-16(15)13-22-19-11-12-20(25-24-19)23-21(26)14-28-18-10-6-5-9-17(18)27-2/h3-12H,13-14H2,1-2H3,(H,22,24)(H,23,25,26). The fraction of sp³-hybridized carbons (Fsp3) is 0.190. The summed E-state index contributed by atoms with van der Waals surface area (Å²) < 4.78 is 10.7. The van der Waals surface area contributed by atoms with Crippen LogP contribution < -0.4 is 20.1 Å². The fourth-order valence-electron chi connectivity index (χ4n) is 2.55. The highest BCUT2D eigenvalue weighted by molar-refractivity contribution is 5.90. The molecule has 7 heteroatoms. The van der Waals surface area contributed by atoms with Crippen LogP contribution in [0.5, 0.6) is 11.5 Å². The normalized spacial score (nSPS) is 10.2. The number of nitrogens with one attached hydrogen (secondary N) is 2. The van der Waals surface area contributed by atoms with E-state index >= 15 is 0 Å². The van der Waals surface area contributed by atoms with Gasteiger partial charge in [-0.15, -0.1) is 10.2 Å². The lowest BCUT2D eigenvalue weighted by Gasteiger charge is -2.10. The summed E-state index contributed by atoms with van der Waals surface area (Å²) in [6, 6.07) is 18.7. The Labute approximate surface area is 163 Å². The number of amides is 1. The third-order valence-corrected chi connectivity index (χ3v) is 4.08. The van der Waals surface area contributed by atoms with Gasteiger partial charge in [-0.2, -0.15) is 0 Å². The molecule has 0 spiro atoms. The van der Waals surface area contributed by atoms with Gasteiger partial charge in [-0.05, 0) is 42.3 Å². The van der Waals surface area contributed by atoms with E-state index < -0.39 is 0 Å². The lowest BCUT2D eigenvalue weighted by Crippen LogP contribution is -2.21. The van der Waals surface area contributed by atoms with E-state index in [1.165, 1.54) is 11.1 Å². The van der Waals surface area contributed by atoms with E-state index in [2.05, 4.69) is 39.9 Å². The molecule has 0 saturated carbocycles. The van der Waals surface area contributed by atoms with E-state index in [0.717, 1.165) is 0 Å². The van der Waals surface area contributed by atoms with E-state index in [1.807, 2.05) is 24.3 Å². The first-order valence-corrected chi connectivity index (χ1v) is 8.83. The molecule has 0 bridgehead atoms. The Morgan fingerprint density at radius 1 is 0.929 bits per heavy atom. The molecule has 0 aliphatic rings. The zero-order chi connectivity index (χ0) is 19.8. The van der Waals surface area contributed by atoms with Crippen LogP contribution in [0.1, 0.15) is 11.1 Å². The Kier molecular flexibility index (Phi) is 6.41. The Morgan fingerprint density at radius 3 is 2.32 bits per heavy atom. The molecule has 28 heavy (non-hydrogen) atoms. The molecule has 3 rings (SSSR count). The summed E-state index contributed by atoms with van der Waals surface area (Å²) in [5.41, 5.74) is 2.40. The molecule has 144 valence electrons. The zero-order valence-electron chi connectivity index (χ0n) is 15.8. The molecule has 1 heterocycles. The van der Waals surface area contributed by atoms with Gasteiger partial charge in [-0.25, -0.2) is 0 Å². The van der Waals surface area contributed by atoms with Crippen LogP contribution >= 0.6 is 0 Å². The number of ether oxygens (including phenoxy) is 2. The van der Waals surface area contributed by atoms with Gasteiger partial charge in [0.2, 0.25) is 0 Å². The third kappa shape index (κ3) is 5.20. The van der Waals surface area contributed by atoms with E-state index in [4.69, 9.17) is 9.47 Å². The lowest BCUT2D eigenvalue weighted by atomic mass is 10.1. The lowest BCUT2D eigenvalue weighted by molar-refractivity contribution is -0.118. The summed E-state index contributed by atoms with van der Waals surface area (Å²) >= 11 is 0. The van der Waals surface area contributed by atoms with Crippen LogP contribution in [0, 0.1) is 6.92 Å². The van der Waals surface area contributed by atoms with Crippen molar-refractivity contribution < 1.29 is 14.3 Å². The first-order valence-electron chi connectivity index (χ1n) is 8.83. The van der Waals surface area contributed by atoms with E-state index in [9.17, 15) is 4.79 Å². The SMILES string of the molecule is COc1ccccc1OCC(=O)Nc1ccc(NCc2ccccc2C)nn1. The number of para-hydroxylation sites is 2. The number of nitrogens with zero attached hydrogens (tertiary/aromatic N) is 2. The van der Waals surface area contributed by atoms with Crippen molar-refractivity contribution in [1.29, 1.82) is 0 Å². The maximum atomic E-state index is 12.1. The van der Waals surface area contributed by atoms with Crippen LogP contribution in [0.4, 0.5) is 11.6 Å². The van der Waals surface area contributed by atoms with Crippen molar-refractivity contribution in [2.45, 2.75) is 13.5 Å². The molecular formula is C21H22N4O3. The Hall–Kier alpha value is -3.61. The first kappa shape index (κ1) is 19.2. The predicted molar refractivity (Wildman–Crippen MR) is 108 cm³/mol. The van der Waals surface area contributed by atoms with Crippen molar-refractivity contribution >= 4 is 17.5 Å². The van der Waals surface area contributed by atoms with Gasteiger partial charge >= 0.3 is 0 Å². The Balaban J connectivity index is 1.49. The average molecular weight is 378 g/mol. The van der Waals surface area contributed by atoms with Crippen molar-refractivity contribution in [2.75, 3.05) is 24.4 Å². The molecule has 1 amide bonds. The zero-order valence-corrected chi connectivity index (χ0v) is 15.8. The third-order valence-electron chi connectivity index (χ3n) is 4.08. The second-order valence-corrected chi connectivity index (χ2v) is 6.07. The number of anilines is 2. The van der Waals surface area contributed by atoms with Crippen LogP contribution in [0.2, 0.25) is 0 Å². The van der Waals surface area contributed by atoms with Crippen LogP contribution in [0.3, 0.4) is 0 Å². The molecule has 0 unspecified atom stereocenters. The molecule has 0 radical (unpaired) electrons. The van der Waals surface area contributed by atoms with Crippen LogP contribution in [0.15, 0.2) is 60.7 Å². The van der Waals surface area contributed by atoms with E-state index in [1.54, 1.807) is 31.4 Å². The first-order chi connectivity index (χ1) is 13.7. The van der Waals surface area contributed by atoms with Gasteiger partial charge in [0, 0.05) is 6.54 Å². The van der Waals surface area contributed by atoms with Gasteiger partial charge in [-0.3, -0.25) is 4.79 Å². The maximum absolute atomic E-state index is 12.1. The Bertz CT molecular complexity index is 929. The van der Waals surface area contributed by atoms with Crippen LogP contribution in [-0.2, 0) is 11.3 Å². The number of rotatable bonds is 8. The smallest absolute Gasteiger partial charge is 0.263 e. The van der Waals surface area contributed by atoms with E-state index in [-0.39, 0.29) is 12.5 Å². The highest BCUT2D eigenvalue weighted by atomic mass is 16.5. The summed E-state index contributed by atoms with van der Waals surface area (Å²) in [6.45, 7) is 2.56. The minimum absolute atomic E-state index is 0.157. The average Bonchev–Trinajstić information content (AvgIpc) is 2.73. The molecule has 2 aromatic carbocycles. The molecule has 0 atom stereocenters. The van der Waals surface area contributed by atoms with E-state index in [0.29, 0.717) is 29.7 Å². The summed E-state index contributed by atoms with van der Waals surface area (Å²) in [6.07, 6.45) is 0.